The molecule has 2 N–H and O–H groups in total. The van der Waals surface area contributed by atoms with E-state index in [9.17, 15) is 0 Å². The van der Waals surface area contributed by atoms with Crippen molar-refractivity contribution >= 4 is 5.69 Å². The van der Waals surface area contributed by atoms with Gasteiger partial charge in [0.2, 0.25) is 0 Å². The third kappa shape index (κ3) is 3.60. The van der Waals surface area contributed by atoms with Crippen LogP contribution < -0.4 is 15.4 Å². The van der Waals surface area contributed by atoms with Gasteiger partial charge >= 0.3 is 0 Å². The van der Waals surface area contributed by atoms with Crippen molar-refractivity contribution in [3.63, 3.8) is 0 Å². The largest absolute Gasteiger partial charge is 0.497 e. The molecule has 1 aliphatic rings. The van der Waals surface area contributed by atoms with Gasteiger partial charge in [-0.05, 0) is 54.7 Å². The Kier molecular flexibility index (Phi) is 4.64. The fraction of sp³-hybridized carbons (Fsp3) is 0.368. The lowest BCUT2D eigenvalue weighted by Gasteiger charge is -2.15. The number of rotatable bonds is 6. The van der Waals surface area contributed by atoms with E-state index >= 15 is 0 Å². The number of anilines is 1. The van der Waals surface area contributed by atoms with E-state index in [1.807, 2.05) is 12.1 Å². The van der Waals surface area contributed by atoms with Crippen LogP contribution in [0.5, 0.6) is 5.75 Å². The quantitative estimate of drug-likeness (QED) is 0.857. The molecule has 0 radical (unpaired) electrons. The number of ether oxygens (including phenoxy) is 1. The van der Waals surface area contributed by atoms with Crippen LogP contribution in [0.25, 0.3) is 0 Å². The first kappa shape index (κ1) is 14.9. The molecule has 3 nitrogen and oxygen atoms in total. The molecule has 0 amide bonds. The molecule has 0 saturated heterocycles. The maximum atomic E-state index is 5.18. The monoisotopic (exact) mass is 296 g/mol. The molecule has 116 valence electrons. The Hall–Kier alpha value is -2.00. The van der Waals surface area contributed by atoms with Crippen molar-refractivity contribution < 1.29 is 4.74 Å². The molecule has 0 aliphatic carbocycles. The standard InChI is InChI=1S/C19H24N2O/c1-14(21-13-15-3-6-18(22-2)7-4-15)11-16-5-8-19-17(12-16)9-10-20-19/h3-8,12,14,20-21H,9-11,13H2,1-2H3. The van der Waals surface area contributed by atoms with Crippen LogP contribution in [0.2, 0.25) is 0 Å². The Morgan fingerprint density at radius 2 is 1.91 bits per heavy atom. The molecule has 22 heavy (non-hydrogen) atoms. The van der Waals surface area contributed by atoms with Crippen LogP contribution in [-0.2, 0) is 19.4 Å². The van der Waals surface area contributed by atoms with E-state index in [2.05, 4.69) is 47.9 Å². The van der Waals surface area contributed by atoms with Gasteiger partial charge < -0.3 is 15.4 Å². The van der Waals surface area contributed by atoms with Crippen molar-refractivity contribution in [1.29, 1.82) is 0 Å². The lowest BCUT2D eigenvalue weighted by molar-refractivity contribution is 0.414. The highest BCUT2D eigenvalue weighted by Crippen LogP contribution is 2.23. The summed E-state index contributed by atoms with van der Waals surface area (Å²) in [6.45, 7) is 4.21. The van der Waals surface area contributed by atoms with Gasteiger partial charge in [-0.3, -0.25) is 0 Å². The van der Waals surface area contributed by atoms with Crippen molar-refractivity contribution in [2.24, 2.45) is 0 Å². The molecule has 0 spiro atoms. The van der Waals surface area contributed by atoms with E-state index in [1.165, 1.54) is 22.4 Å². The van der Waals surface area contributed by atoms with Crippen molar-refractivity contribution in [3.05, 3.63) is 59.2 Å². The molecule has 0 aromatic heterocycles. The Morgan fingerprint density at radius 1 is 1.14 bits per heavy atom. The number of fused-ring (bicyclic) bond motifs is 1. The SMILES string of the molecule is COc1ccc(CNC(C)Cc2ccc3c(c2)CCN3)cc1. The van der Waals surface area contributed by atoms with Crippen LogP contribution in [-0.4, -0.2) is 19.7 Å². The van der Waals surface area contributed by atoms with Crippen LogP contribution >= 0.6 is 0 Å². The van der Waals surface area contributed by atoms with E-state index in [1.54, 1.807) is 7.11 Å². The van der Waals surface area contributed by atoms with Crippen LogP contribution in [0.3, 0.4) is 0 Å². The highest BCUT2D eigenvalue weighted by Gasteiger charge is 2.11. The Bertz CT molecular complexity index is 622. The first-order valence-electron chi connectivity index (χ1n) is 7.96. The Morgan fingerprint density at radius 3 is 2.68 bits per heavy atom. The fourth-order valence-corrected chi connectivity index (χ4v) is 2.95. The maximum Gasteiger partial charge on any atom is 0.118 e. The van der Waals surface area contributed by atoms with Crippen molar-refractivity contribution in [1.82, 2.24) is 5.32 Å². The average molecular weight is 296 g/mol. The molecule has 0 saturated carbocycles. The normalized spacial score (nSPS) is 14.3. The number of hydrogen-bond donors (Lipinski definition) is 2. The minimum Gasteiger partial charge on any atom is -0.497 e. The van der Waals surface area contributed by atoms with E-state index in [-0.39, 0.29) is 0 Å². The first-order valence-corrected chi connectivity index (χ1v) is 7.96. The van der Waals surface area contributed by atoms with Gasteiger partial charge in [-0.2, -0.15) is 0 Å². The maximum absolute atomic E-state index is 5.18. The molecule has 0 bridgehead atoms. The van der Waals surface area contributed by atoms with Gasteiger partial charge in [-0.15, -0.1) is 0 Å². The van der Waals surface area contributed by atoms with E-state index in [0.29, 0.717) is 6.04 Å². The molecule has 0 fully saturated rings. The van der Waals surface area contributed by atoms with Gasteiger partial charge in [0.05, 0.1) is 7.11 Å². The summed E-state index contributed by atoms with van der Waals surface area (Å²) in [4.78, 5) is 0. The molecule has 1 unspecified atom stereocenters. The molecule has 1 aliphatic heterocycles. The fourth-order valence-electron chi connectivity index (χ4n) is 2.95. The topological polar surface area (TPSA) is 33.3 Å². The molecule has 2 aromatic rings. The van der Waals surface area contributed by atoms with Crippen LogP contribution in [0.1, 0.15) is 23.6 Å². The summed E-state index contributed by atoms with van der Waals surface area (Å²) in [5.41, 5.74) is 5.46. The molecule has 1 atom stereocenters. The van der Waals surface area contributed by atoms with Crippen molar-refractivity contribution in [3.8, 4) is 5.75 Å². The van der Waals surface area contributed by atoms with E-state index in [4.69, 9.17) is 4.74 Å². The molecular formula is C19H24N2O. The molecule has 2 aromatic carbocycles. The van der Waals surface area contributed by atoms with Gasteiger partial charge in [-0.25, -0.2) is 0 Å². The summed E-state index contributed by atoms with van der Waals surface area (Å²) < 4.78 is 5.18. The molecule has 3 rings (SSSR count). The van der Waals surface area contributed by atoms with Crippen molar-refractivity contribution in [2.75, 3.05) is 19.0 Å². The summed E-state index contributed by atoms with van der Waals surface area (Å²) in [7, 11) is 1.70. The van der Waals surface area contributed by atoms with Gasteiger partial charge in [0.1, 0.15) is 5.75 Å². The lowest BCUT2D eigenvalue weighted by Crippen LogP contribution is -2.27. The smallest absolute Gasteiger partial charge is 0.118 e. The number of benzene rings is 2. The summed E-state index contributed by atoms with van der Waals surface area (Å²) >= 11 is 0. The van der Waals surface area contributed by atoms with Gasteiger partial charge in [0.25, 0.3) is 0 Å². The summed E-state index contributed by atoms with van der Waals surface area (Å²) in [6, 6.07) is 15.5. The summed E-state index contributed by atoms with van der Waals surface area (Å²) in [5, 5.41) is 7.01. The molecular weight excluding hydrogens is 272 g/mol. The zero-order valence-corrected chi connectivity index (χ0v) is 13.4. The van der Waals surface area contributed by atoms with E-state index in [0.717, 1.165) is 31.7 Å². The lowest BCUT2D eigenvalue weighted by atomic mass is 10.0. The summed E-state index contributed by atoms with van der Waals surface area (Å²) in [6.07, 6.45) is 2.21. The highest BCUT2D eigenvalue weighted by atomic mass is 16.5. The predicted molar refractivity (Wildman–Crippen MR) is 91.6 cm³/mol. The number of nitrogens with one attached hydrogen (secondary N) is 2. The zero-order valence-electron chi connectivity index (χ0n) is 13.4. The minimum atomic E-state index is 0.453. The van der Waals surface area contributed by atoms with Crippen LogP contribution in [0.15, 0.2) is 42.5 Å². The number of methoxy groups -OCH3 is 1. The second-order valence-electron chi connectivity index (χ2n) is 6.00. The van der Waals surface area contributed by atoms with Gasteiger partial charge in [-0.1, -0.05) is 24.3 Å². The third-order valence-corrected chi connectivity index (χ3v) is 4.24. The summed E-state index contributed by atoms with van der Waals surface area (Å²) in [5.74, 6) is 0.906. The van der Waals surface area contributed by atoms with E-state index < -0.39 is 0 Å². The van der Waals surface area contributed by atoms with Crippen LogP contribution in [0, 0.1) is 0 Å². The Balaban J connectivity index is 1.52. The van der Waals surface area contributed by atoms with Crippen molar-refractivity contribution in [2.45, 2.75) is 32.4 Å². The second-order valence-corrected chi connectivity index (χ2v) is 6.00. The predicted octanol–water partition coefficient (Wildman–Crippen LogP) is 3.38. The van der Waals surface area contributed by atoms with Gasteiger partial charge in [0.15, 0.2) is 0 Å². The second kappa shape index (κ2) is 6.84. The Labute approximate surface area is 132 Å². The zero-order chi connectivity index (χ0) is 15.4. The average Bonchev–Trinajstić information content (AvgIpc) is 3.01. The van der Waals surface area contributed by atoms with Crippen LogP contribution in [0.4, 0.5) is 5.69 Å². The molecule has 3 heteroatoms. The minimum absolute atomic E-state index is 0.453. The molecule has 1 heterocycles. The first-order chi connectivity index (χ1) is 10.7. The number of hydrogen-bond acceptors (Lipinski definition) is 3. The highest BCUT2D eigenvalue weighted by molar-refractivity contribution is 5.56. The van der Waals surface area contributed by atoms with Gasteiger partial charge in [0, 0.05) is 24.8 Å². The third-order valence-electron chi connectivity index (χ3n) is 4.24.